The van der Waals surface area contributed by atoms with E-state index in [-0.39, 0.29) is 11.9 Å². The minimum Gasteiger partial charge on any atom is -0.425 e. The smallest absolute Gasteiger partial charge is 0.415 e. The van der Waals surface area contributed by atoms with Gasteiger partial charge in [-0.2, -0.15) is 0 Å². The summed E-state index contributed by atoms with van der Waals surface area (Å²) in [5, 5.41) is 9.33. The number of nitrogens with one attached hydrogen (secondary N) is 3. The second-order valence-electron chi connectivity index (χ2n) is 13.3. The Morgan fingerprint density at radius 3 is 2.45 bits per heavy atom. The van der Waals surface area contributed by atoms with Crippen LogP contribution in [0.3, 0.4) is 0 Å². The zero-order chi connectivity index (χ0) is 32.6. The molecule has 47 heavy (non-hydrogen) atoms. The van der Waals surface area contributed by atoms with E-state index in [1.807, 2.05) is 30.3 Å². The summed E-state index contributed by atoms with van der Waals surface area (Å²) < 4.78 is 30.0. The van der Waals surface area contributed by atoms with E-state index >= 15 is 0 Å². The zero-order valence-corrected chi connectivity index (χ0v) is 26.8. The lowest BCUT2D eigenvalue weighted by atomic mass is 9.93. The lowest BCUT2D eigenvalue weighted by Gasteiger charge is -2.35. The molecule has 10 nitrogen and oxygen atoms in total. The number of likely N-dealkylation sites (tertiary alicyclic amines) is 1. The summed E-state index contributed by atoms with van der Waals surface area (Å²) in [6.45, 7) is 5.45. The van der Waals surface area contributed by atoms with Crippen LogP contribution in [0.25, 0.3) is 11.0 Å². The highest BCUT2D eigenvalue weighted by Gasteiger charge is 2.44. The first-order valence-electron chi connectivity index (χ1n) is 17.0. The van der Waals surface area contributed by atoms with Crippen LogP contribution in [0.2, 0.25) is 0 Å². The van der Waals surface area contributed by atoms with Crippen molar-refractivity contribution in [3.63, 3.8) is 0 Å². The molecule has 252 valence electrons. The molecule has 0 spiro atoms. The number of nitrogens with zero attached hydrogens (tertiary/aromatic N) is 1. The molecule has 3 aliphatic rings. The van der Waals surface area contributed by atoms with E-state index in [0.717, 1.165) is 76.9 Å². The topological polar surface area (TPSA) is 122 Å². The lowest BCUT2D eigenvalue weighted by Crippen LogP contribution is -2.61. The number of furan rings is 1. The second-order valence-corrected chi connectivity index (χ2v) is 13.3. The van der Waals surface area contributed by atoms with E-state index in [4.69, 9.17) is 13.9 Å². The average Bonchev–Trinajstić information content (AvgIpc) is 3.72. The summed E-state index contributed by atoms with van der Waals surface area (Å²) in [6.07, 6.45) is 6.06. The Morgan fingerprint density at radius 1 is 0.957 bits per heavy atom. The van der Waals surface area contributed by atoms with Crippen molar-refractivity contribution in [3.8, 4) is 5.95 Å². The molecule has 2 saturated heterocycles. The van der Waals surface area contributed by atoms with Crippen LogP contribution in [0, 0.1) is 17.7 Å². The first-order chi connectivity index (χ1) is 22.8. The predicted octanol–water partition coefficient (Wildman–Crippen LogP) is 4.96. The second kappa shape index (κ2) is 15.3. The van der Waals surface area contributed by atoms with Gasteiger partial charge >= 0.3 is 6.09 Å². The number of carbonyl (C=O) groups excluding carboxylic acids is 3. The zero-order valence-electron chi connectivity index (χ0n) is 26.8. The fraction of sp³-hybridized carbons (Fsp3) is 0.528. The van der Waals surface area contributed by atoms with Crippen molar-refractivity contribution in [2.24, 2.45) is 11.8 Å². The number of hydrogen-bond donors (Lipinski definition) is 3. The van der Waals surface area contributed by atoms with Crippen molar-refractivity contribution in [2.75, 3.05) is 39.4 Å². The summed E-state index contributed by atoms with van der Waals surface area (Å²) in [5.74, 6) is -0.111. The fourth-order valence-electron chi connectivity index (χ4n) is 7.13. The third-order valence-corrected chi connectivity index (χ3v) is 9.92. The highest BCUT2D eigenvalue weighted by Crippen LogP contribution is 2.31. The van der Waals surface area contributed by atoms with Crippen LogP contribution in [-0.4, -0.2) is 73.8 Å². The van der Waals surface area contributed by atoms with Gasteiger partial charge in [-0.1, -0.05) is 43.2 Å². The number of rotatable bonds is 11. The monoisotopic (exact) mass is 648 g/mol. The van der Waals surface area contributed by atoms with Crippen LogP contribution in [0.15, 0.2) is 59.0 Å². The molecule has 1 aromatic heterocycles. The van der Waals surface area contributed by atoms with Crippen molar-refractivity contribution in [2.45, 2.75) is 69.4 Å². The number of amides is 3. The standard InChI is InChI=1S/C36H45FN4O6/c37-29-8-9-31-28(21-29)22-32(46-31)47-35(44)40-36(14-4-5-15-36)34(43)39-30(20-25-6-2-1-3-7-25)33(42)38-23-26-10-16-41(17-11-26)24-27-12-18-45-19-13-27/h1-3,6-9,21-22,26-27,30H,4-5,10-20,23-24H2,(H,38,42)(H,39,43)(H,40,44)/t30-/m1/s1. The number of carbonyl (C=O) groups is 3. The molecule has 0 bridgehead atoms. The minimum atomic E-state index is -1.23. The quantitative estimate of drug-likeness (QED) is 0.269. The third kappa shape index (κ3) is 8.70. The third-order valence-electron chi connectivity index (χ3n) is 9.92. The number of ether oxygens (including phenoxy) is 2. The van der Waals surface area contributed by atoms with Gasteiger partial charge in [-0.15, -0.1) is 0 Å². The fourth-order valence-corrected chi connectivity index (χ4v) is 7.13. The molecule has 1 aliphatic carbocycles. The molecule has 0 radical (unpaired) electrons. The molecule has 6 rings (SSSR count). The maximum Gasteiger partial charge on any atom is 0.415 e. The Labute approximate surface area is 274 Å². The molecule has 2 aromatic carbocycles. The van der Waals surface area contributed by atoms with Gasteiger partial charge in [-0.3, -0.25) is 9.59 Å². The Bertz CT molecular complexity index is 1510. The van der Waals surface area contributed by atoms with Gasteiger partial charge in [0.15, 0.2) is 0 Å². The molecule has 3 aromatic rings. The van der Waals surface area contributed by atoms with E-state index in [1.54, 1.807) is 0 Å². The van der Waals surface area contributed by atoms with E-state index < -0.39 is 29.4 Å². The first kappa shape index (κ1) is 33.0. The summed E-state index contributed by atoms with van der Waals surface area (Å²) in [5.41, 5.74) is 0.0585. The van der Waals surface area contributed by atoms with Gasteiger partial charge in [0, 0.05) is 44.2 Å². The summed E-state index contributed by atoms with van der Waals surface area (Å²) in [4.78, 5) is 43.1. The summed E-state index contributed by atoms with van der Waals surface area (Å²) in [6, 6.07) is 14.2. The van der Waals surface area contributed by atoms with Crippen molar-refractivity contribution in [3.05, 3.63) is 66.0 Å². The van der Waals surface area contributed by atoms with Gasteiger partial charge < -0.3 is 34.7 Å². The van der Waals surface area contributed by atoms with Crippen molar-refractivity contribution in [1.29, 1.82) is 0 Å². The van der Waals surface area contributed by atoms with Gasteiger partial charge in [0.25, 0.3) is 5.95 Å². The number of halogens is 1. The SMILES string of the molecule is O=C(NC1(C(=O)N[C@H](Cc2ccccc2)C(=O)NCC2CCN(CC3CCOCC3)CC2)CCCC1)Oc1cc2cc(F)ccc2o1. The average molecular weight is 649 g/mol. The molecule has 11 heteroatoms. The van der Waals surface area contributed by atoms with Gasteiger partial charge in [0.2, 0.25) is 11.8 Å². The normalized spacial score (nSPS) is 19.7. The summed E-state index contributed by atoms with van der Waals surface area (Å²) >= 11 is 0. The number of benzene rings is 2. The van der Waals surface area contributed by atoms with Gasteiger partial charge in [-0.05, 0) is 87.2 Å². The Balaban J connectivity index is 1.06. The molecule has 1 saturated carbocycles. The first-order valence-corrected chi connectivity index (χ1v) is 17.0. The van der Waals surface area contributed by atoms with Crippen LogP contribution in [-0.2, 0) is 20.7 Å². The Kier molecular flexibility index (Phi) is 10.7. The van der Waals surface area contributed by atoms with E-state index in [2.05, 4.69) is 20.9 Å². The number of fused-ring (bicyclic) bond motifs is 1. The van der Waals surface area contributed by atoms with E-state index in [1.165, 1.54) is 24.3 Å². The highest BCUT2D eigenvalue weighted by atomic mass is 19.1. The maximum atomic E-state index is 13.9. The molecule has 1 atom stereocenters. The van der Waals surface area contributed by atoms with Crippen LogP contribution in [0.1, 0.15) is 56.9 Å². The Morgan fingerprint density at radius 2 is 1.70 bits per heavy atom. The van der Waals surface area contributed by atoms with Gasteiger partial charge in [0.1, 0.15) is 23.0 Å². The largest absolute Gasteiger partial charge is 0.425 e. The van der Waals surface area contributed by atoms with Crippen LogP contribution < -0.4 is 20.7 Å². The molecule has 3 fully saturated rings. The minimum absolute atomic E-state index is 0.104. The number of hydrogen-bond acceptors (Lipinski definition) is 7. The molecular formula is C36H45FN4O6. The lowest BCUT2D eigenvalue weighted by molar-refractivity contribution is -0.132. The summed E-state index contributed by atoms with van der Waals surface area (Å²) in [7, 11) is 0. The van der Waals surface area contributed by atoms with Crippen LogP contribution in [0.4, 0.5) is 9.18 Å². The Hall–Kier alpha value is -3.96. The van der Waals surface area contributed by atoms with Crippen molar-refractivity contribution < 1.29 is 32.7 Å². The van der Waals surface area contributed by atoms with E-state index in [9.17, 15) is 18.8 Å². The van der Waals surface area contributed by atoms with Crippen molar-refractivity contribution in [1.82, 2.24) is 20.9 Å². The molecule has 3 amide bonds. The van der Waals surface area contributed by atoms with Crippen LogP contribution in [0.5, 0.6) is 5.95 Å². The maximum absolute atomic E-state index is 13.9. The molecule has 0 unspecified atom stereocenters. The molecule has 3 N–H and O–H groups in total. The predicted molar refractivity (Wildman–Crippen MR) is 174 cm³/mol. The van der Waals surface area contributed by atoms with E-state index in [0.29, 0.717) is 48.6 Å². The molecule has 3 heterocycles. The van der Waals surface area contributed by atoms with Gasteiger partial charge in [0.05, 0.1) is 0 Å². The number of piperidine rings is 1. The van der Waals surface area contributed by atoms with Crippen LogP contribution >= 0.6 is 0 Å². The molecular weight excluding hydrogens is 603 g/mol. The van der Waals surface area contributed by atoms with Gasteiger partial charge in [-0.25, -0.2) is 9.18 Å². The highest BCUT2D eigenvalue weighted by molar-refractivity contribution is 5.94. The van der Waals surface area contributed by atoms with Crippen molar-refractivity contribution >= 4 is 28.9 Å². The molecule has 2 aliphatic heterocycles.